The molecule has 0 aliphatic carbocycles. The highest BCUT2D eigenvalue weighted by Crippen LogP contribution is 2.25. The number of hydrogen-bond donors (Lipinski definition) is 2. The maximum atomic E-state index is 8.55. The lowest BCUT2D eigenvalue weighted by Crippen LogP contribution is -2.22. The number of thioether (sulfide) groups is 1. The number of benzene rings is 1. The van der Waals surface area contributed by atoms with E-state index in [0.29, 0.717) is 0 Å². The monoisotopic (exact) mass is 238 g/mol. The lowest BCUT2D eigenvalue weighted by Gasteiger charge is -2.11. The Morgan fingerprint density at radius 1 is 1.50 bits per heavy atom. The molecule has 0 aliphatic heterocycles. The van der Waals surface area contributed by atoms with Crippen LogP contribution in [0.15, 0.2) is 28.3 Å². The molecule has 3 nitrogen and oxygen atoms in total. The second kappa shape index (κ2) is 5.80. The second-order valence-corrected chi connectivity index (χ2v) is 5.07. The lowest BCUT2D eigenvalue weighted by atomic mass is 10.2. The van der Waals surface area contributed by atoms with Crippen molar-refractivity contribution >= 4 is 17.6 Å². The molecule has 0 aliphatic rings. The fourth-order valence-electron chi connectivity index (χ4n) is 1.26. The molecule has 1 unspecified atom stereocenters. The number of oxime groups is 1. The summed E-state index contributed by atoms with van der Waals surface area (Å²) in [7, 11) is 0. The van der Waals surface area contributed by atoms with Gasteiger partial charge in [0.15, 0.2) is 0 Å². The maximum absolute atomic E-state index is 8.55. The van der Waals surface area contributed by atoms with Gasteiger partial charge in [0, 0.05) is 16.6 Å². The van der Waals surface area contributed by atoms with E-state index >= 15 is 0 Å². The van der Waals surface area contributed by atoms with Crippen LogP contribution in [0.25, 0.3) is 0 Å². The van der Waals surface area contributed by atoms with Gasteiger partial charge < -0.3 is 10.9 Å². The number of amidine groups is 1. The molecule has 0 fully saturated rings. The topological polar surface area (TPSA) is 58.6 Å². The number of rotatable bonds is 4. The van der Waals surface area contributed by atoms with Crippen molar-refractivity contribution in [1.29, 1.82) is 0 Å². The summed E-state index contributed by atoms with van der Waals surface area (Å²) in [5.41, 5.74) is 8.06. The van der Waals surface area contributed by atoms with Gasteiger partial charge in [0.25, 0.3) is 0 Å². The lowest BCUT2D eigenvalue weighted by molar-refractivity contribution is 0.315. The normalized spacial score (nSPS) is 13.8. The van der Waals surface area contributed by atoms with Crippen molar-refractivity contribution in [3.63, 3.8) is 0 Å². The molecule has 1 atom stereocenters. The van der Waals surface area contributed by atoms with Crippen LogP contribution >= 0.6 is 11.8 Å². The molecule has 1 aromatic carbocycles. The molecule has 0 amide bonds. The standard InChI is InChI=1S/C12H18N2OS/c1-8-4-5-9(2)11(6-8)16-7-10(3)12(13)14-15/h4-6,10,15H,7H2,1-3H3,(H2,13,14). The van der Waals surface area contributed by atoms with Crippen LogP contribution in [0.3, 0.4) is 0 Å². The highest BCUT2D eigenvalue weighted by Gasteiger charge is 2.09. The van der Waals surface area contributed by atoms with Gasteiger partial charge in [-0.15, -0.1) is 11.8 Å². The van der Waals surface area contributed by atoms with Gasteiger partial charge in [0.2, 0.25) is 0 Å². The summed E-state index contributed by atoms with van der Waals surface area (Å²) in [6.07, 6.45) is 0. The number of aryl methyl sites for hydroxylation is 2. The van der Waals surface area contributed by atoms with Gasteiger partial charge in [-0.25, -0.2) is 0 Å². The van der Waals surface area contributed by atoms with E-state index < -0.39 is 0 Å². The predicted molar refractivity (Wildman–Crippen MR) is 69.2 cm³/mol. The van der Waals surface area contributed by atoms with Crippen molar-refractivity contribution in [1.82, 2.24) is 0 Å². The molecular weight excluding hydrogens is 220 g/mol. The van der Waals surface area contributed by atoms with E-state index in [9.17, 15) is 0 Å². The van der Waals surface area contributed by atoms with Crippen molar-refractivity contribution in [3.8, 4) is 0 Å². The Kier molecular flexibility index (Phi) is 4.68. The van der Waals surface area contributed by atoms with E-state index in [1.807, 2.05) is 6.92 Å². The first kappa shape index (κ1) is 12.9. The molecule has 1 aromatic rings. The fourth-order valence-corrected chi connectivity index (χ4v) is 2.43. The first-order chi connectivity index (χ1) is 7.54. The Hall–Kier alpha value is -1.16. The van der Waals surface area contributed by atoms with Crippen LogP contribution in [-0.4, -0.2) is 16.8 Å². The first-order valence-corrected chi connectivity index (χ1v) is 6.20. The average Bonchev–Trinajstić information content (AvgIpc) is 2.28. The summed E-state index contributed by atoms with van der Waals surface area (Å²) in [6.45, 7) is 6.12. The minimum atomic E-state index is 0.0786. The van der Waals surface area contributed by atoms with E-state index in [1.54, 1.807) is 11.8 Å². The van der Waals surface area contributed by atoms with E-state index in [-0.39, 0.29) is 11.8 Å². The molecule has 0 bridgehead atoms. The third kappa shape index (κ3) is 3.45. The molecule has 0 saturated carbocycles. The molecule has 0 saturated heterocycles. The summed E-state index contributed by atoms with van der Waals surface area (Å²) < 4.78 is 0. The van der Waals surface area contributed by atoms with E-state index in [0.717, 1.165) is 5.75 Å². The molecule has 16 heavy (non-hydrogen) atoms. The molecule has 0 radical (unpaired) electrons. The molecule has 3 N–H and O–H groups in total. The molecule has 1 rings (SSSR count). The first-order valence-electron chi connectivity index (χ1n) is 5.22. The molecule has 4 heteroatoms. The smallest absolute Gasteiger partial charge is 0.142 e. The fraction of sp³-hybridized carbons (Fsp3) is 0.417. The summed E-state index contributed by atoms with van der Waals surface area (Å²) in [4.78, 5) is 1.26. The third-order valence-corrected chi connectivity index (χ3v) is 3.87. The molecule has 0 spiro atoms. The summed E-state index contributed by atoms with van der Waals surface area (Å²) in [5, 5.41) is 11.6. The van der Waals surface area contributed by atoms with Crippen molar-refractivity contribution in [3.05, 3.63) is 29.3 Å². The van der Waals surface area contributed by atoms with Crippen molar-refractivity contribution < 1.29 is 5.21 Å². The molecule has 88 valence electrons. The third-order valence-electron chi connectivity index (χ3n) is 2.45. The van der Waals surface area contributed by atoms with Gasteiger partial charge in [0.1, 0.15) is 5.84 Å². The van der Waals surface area contributed by atoms with Gasteiger partial charge in [-0.3, -0.25) is 0 Å². The van der Waals surface area contributed by atoms with E-state index in [2.05, 4.69) is 37.2 Å². The number of hydrogen-bond acceptors (Lipinski definition) is 3. The highest BCUT2D eigenvalue weighted by molar-refractivity contribution is 7.99. The van der Waals surface area contributed by atoms with Crippen molar-refractivity contribution in [2.45, 2.75) is 25.7 Å². The minimum Gasteiger partial charge on any atom is -0.409 e. The molecule has 0 heterocycles. The van der Waals surface area contributed by atoms with Crippen LogP contribution in [0.1, 0.15) is 18.1 Å². The maximum Gasteiger partial charge on any atom is 0.142 e. The van der Waals surface area contributed by atoms with Crippen LogP contribution in [0.4, 0.5) is 0 Å². The summed E-state index contributed by atoms with van der Waals surface area (Å²) >= 11 is 1.74. The summed E-state index contributed by atoms with van der Waals surface area (Å²) in [6, 6.07) is 6.39. The van der Waals surface area contributed by atoms with Gasteiger partial charge in [0.05, 0.1) is 0 Å². The van der Waals surface area contributed by atoms with Crippen LogP contribution in [0.2, 0.25) is 0 Å². The van der Waals surface area contributed by atoms with Gasteiger partial charge in [-0.05, 0) is 25.5 Å². The van der Waals surface area contributed by atoms with Gasteiger partial charge >= 0.3 is 0 Å². The minimum absolute atomic E-state index is 0.0786. The zero-order valence-corrected chi connectivity index (χ0v) is 10.7. The number of nitrogens with two attached hydrogens (primary N) is 1. The van der Waals surface area contributed by atoms with Gasteiger partial charge in [-0.1, -0.05) is 29.8 Å². The highest BCUT2D eigenvalue weighted by atomic mass is 32.2. The Balaban J connectivity index is 2.64. The van der Waals surface area contributed by atoms with Gasteiger partial charge in [-0.2, -0.15) is 0 Å². The zero-order chi connectivity index (χ0) is 12.1. The largest absolute Gasteiger partial charge is 0.409 e. The number of nitrogens with zero attached hydrogens (tertiary/aromatic N) is 1. The van der Waals surface area contributed by atoms with E-state index in [4.69, 9.17) is 10.9 Å². The molecule has 0 aromatic heterocycles. The Morgan fingerprint density at radius 2 is 2.19 bits per heavy atom. The molecular formula is C12H18N2OS. The average molecular weight is 238 g/mol. The van der Waals surface area contributed by atoms with Crippen LogP contribution < -0.4 is 5.73 Å². The Bertz CT molecular complexity index is 391. The second-order valence-electron chi connectivity index (χ2n) is 4.01. The Labute approximate surface area is 101 Å². The van der Waals surface area contributed by atoms with Crippen molar-refractivity contribution in [2.24, 2.45) is 16.8 Å². The summed E-state index contributed by atoms with van der Waals surface area (Å²) in [5.74, 6) is 1.19. The Morgan fingerprint density at radius 3 is 2.81 bits per heavy atom. The van der Waals surface area contributed by atoms with E-state index in [1.165, 1.54) is 16.0 Å². The van der Waals surface area contributed by atoms with Crippen LogP contribution in [0.5, 0.6) is 0 Å². The predicted octanol–water partition coefficient (Wildman–Crippen LogP) is 2.78. The zero-order valence-electron chi connectivity index (χ0n) is 9.90. The van der Waals surface area contributed by atoms with Crippen LogP contribution in [-0.2, 0) is 0 Å². The van der Waals surface area contributed by atoms with Crippen molar-refractivity contribution in [2.75, 3.05) is 5.75 Å². The van der Waals surface area contributed by atoms with Crippen LogP contribution in [0, 0.1) is 19.8 Å². The quantitative estimate of drug-likeness (QED) is 0.279. The SMILES string of the molecule is Cc1ccc(C)c(SCC(C)/C(N)=N/O)c1.